The number of benzene rings is 2. The number of carbonyl (C=O) groups is 1. The van der Waals surface area contributed by atoms with Crippen molar-refractivity contribution in [2.45, 2.75) is 44.0 Å². The Morgan fingerprint density at radius 3 is 2.33 bits per heavy atom. The van der Waals surface area contributed by atoms with Crippen LogP contribution in [0.5, 0.6) is 0 Å². The molecule has 2 aromatic carbocycles. The SMILES string of the molecule is CCN(c1ccccc1)S(=O)(=O)c1ccc(C(=O)N2CCCC[C@@H]2C)cc1. The number of anilines is 1. The fourth-order valence-corrected chi connectivity index (χ4v) is 5.02. The highest BCUT2D eigenvalue weighted by Crippen LogP contribution is 2.24. The molecule has 0 unspecified atom stereocenters. The molecule has 0 radical (unpaired) electrons. The van der Waals surface area contributed by atoms with Gasteiger partial charge in [-0.2, -0.15) is 0 Å². The second-order valence-corrected chi connectivity index (χ2v) is 8.74. The fraction of sp³-hybridized carbons (Fsp3) is 0.381. The number of sulfonamides is 1. The summed E-state index contributed by atoms with van der Waals surface area (Å²) in [6, 6.07) is 15.6. The molecule has 1 heterocycles. The van der Waals surface area contributed by atoms with Crippen molar-refractivity contribution in [1.29, 1.82) is 0 Å². The summed E-state index contributed by atoms with van der Waals surface area (Å²) in [5.41, 5.74) is 1.16. The van der Waals surface area contributed by atoms with Gasteiger partial charge in [-0.25, -0.2) is 8.42 Å². The van der Waals surface area contributed by atoms with Gasteiger partial charge in [0.1, 0.15) is 0 Å². The molecular weight excluding hydrogens is 360 g/mol. The second-order valence-electron chi connectivity index (χ2n) is 6.87. The van der Waals surface area contributed by atoms with Gasteiger partial charge in [-0.3, -0.25) is 9.10 Å². The average Bonchev–Trinajstić information content (AvgIpc) is 2.69. The molecule has 1 atom stereocenters. The van der Waals surface area contributed by atoms with Crippen LogP contribution < -0.4 is 4.31 Å². The van der Waals surface area contributed by atoms with Gasteiger partial charge >= 0.3 is 0 Å². The predicted molar refractivity (Wildman–Crippen MR) is 107 cm³/mol. The molecule has 0 spiro atoms. The minimum Gasteiger partial charge on any atom is -0.336 e. The topological polar surface area (TPSA) is 57.7 Å². The molecule has 6 heteroatoms. The summed E-state index contributed by atoms with van der Waals surface area (Å²) in [6.07, 6.45) is 3.18. The molecule has 0 bridgehead atoms. The molecule has 0 saturated carbocycles. The van der Waals surface area contributed by atoms with Crippen LogP contribution in [0.15, 0.2) is 59.5 Å². The summed E-state index contributed by atoms with van der Waals surface area (Å²) in [5, 5.41) is 0. The van der Waals surface area contributed by atoms with Crippen molar-refractivity contribution in [2.75, 3.05) is 17.4 Å². The number of amides is 1. The van der Waals surface area contributed by atoms with Gasteiger partial charge in [0.15, 0.2) is 0 Å². The first-order valence-electron chi connectivity index (χ1n) is 9.44. The van der Waals surface area contributed by atoms with E-state index in [0.717, 1.165) is 25.8 Å². The second kappa shape index (κ2) is 8.13. The van der Waals surface area contributed by atoms with E-state index in [1.807, 2.05) is 23.1 Å². The third-order valence-electron chi connectivity index (χ3n) is 5.08. The number of para-hydroxylation sites is 1. The van der Waals surface area contributed by atoms with E-state index in [0.29, 0.717) is 17.8 Å². The van der Waals surface area contributed by atoms with Gasteiger partial charge in [0, 0.05) is 24.7 Å². The van der Waals surface area contributed by atoms with Gasteiger partial charge in [-0.05, 0) is 69.5 Å². The smallest absolute Gasteiger partial charge is 0.264 e. The van der Waals surface area contributed by atoms with Crippen LogP contribution in [0, 0.1) is 0 Å². The quantitative estimate of drug-likeness (QED) is 0.783. The van der Waals surface area contributed by atoms with Gasteiger partial charge in [-0.1, -0.05) is 18.2 Å². The molecule has 1 aliphatic rings. The van der Waals surface area contributed by atoms with Crippen molar-refractivity contribution in [3.8, 4) is 0 Å². The van der Waals surface area contributed by atoms with Gasteiger partial charge in [0.25, 0.3) is 15.9 Å². The molecule has 0 aromatic heterocycles. The van der Waals surface area contributed by atoms with Crippen LogP contribution >= 0.6 is 0 Å². The maximum absolute atomic E-state index is 13.0. The Morgan fingerprint density at radius 2 is 1.74 bits per heavy atom. The molecule has 144 valence electrons. The number of hydrogen-bond acceptors (Lipinski definition) is 3. The minimum atomic E-state index is -3.67. The zero-order valence-corrected chi connectivity index (χ0v) is 16.7. The molecule has 27 heavy (non-hydrogen) atoms. The highest BCUT2D eigenvalue weighted by Gasteiger charge is 2.26. The van der Waals surface area contributed by atoms with E-state index in [4.69, 9.17) is 0 Å². The van der Waals surface area contributed by atoms with Gasteiger partial charge in [0.05, 0.1) is 10.6 Å². The van der Waals surface area contributed by atoms with Crippen molar-refractivity contribution >= 4 is 21.6 Å². The van der Waals surface area contributed by atoms with Crippen LogP contribution in [0.3, 0.4) is 0 Å². The Balaban J connectivity index is 1.84. The van der Waals surface area contributed by atoms with Crippen LogP contribution in [-0.4, -0.2) is 38.4 Å². The monoisotopic (exact) mass is 386 g/mol. The van der Waals surface area contributed by atoms with E-state index < -0.39 is 10.0 Å². The summed E-state index contributed by atoms with van der Waals surface area (Å²) < 4.78 is 27.4. The molecule has 3 rings (SSSR count). The molecule has 2 aromatic rings. The summed E-state index contributed by atoms with van der Waals surface area (Å²) in [4.78, 5) is 14.8. The zero-order chi connectivity index (χ0) is 19.4. The fourth-order valence-electron chi connectivity index (χ4n) is 3.55. The van der Waals surface area contributed by atoms with Crippen LogP contribution in [0.4, 0.5) is 5.69 Å². The molecule has 0 aliphatic carbocycles. The van der Waals surface area contributed by atoms with Gasteiger partial charge in [-0.15, -0.1) is 0 Å². The minimum absolute atomic E-state index is 0.0263. The normalized spacial score (nSPS) is 17.6. The Bertz CT molecular complexity index is 879. The Kier molecular flexibility index (Phi) is 5.85. The lowest BCUT2D eigenvalue weighted by molar-refractivity contribution is 0.0635. The Morgan fingerprint density at radius 1 is 1.07 bits per heavy atom. The Hall–Kier alpha value is -2.34. The third-order valence-corrected chi connectivity index (χ3v) is 7.00. The zero-order valence-electron chi connectivity index (χ0n) is 15.8. The number of nitrogens with zero attached hydrogens (tertiary/aromatic N) is 2. The van der Waals surface area contributed by atoms with Crippen LogP contribution in [0.25, 0.3) is 0 Å². The van der Waals surface area contributed by atoms with Crippen molar-refractivity contribution < 1.29 is 13.2 Å². The number of rotatable bonds is 5. The first-order valence-corrected chi connectivity index (χ1v) is 10.9. The molecule has 1 amide bonds. The van der Waals surface area contributed by atoms with Crippen LogP contribution in [0.1, 0.15) is 43.5 Å². The van der Waals surface area contributed by atoms with E-state index in [2.05, 4.69) is 6.92 Å². The Labute approximate surface area is 161 Å². The van der Waals surface area contributed by atoms with Gasteiger partial charge in [0.2, 0.25) is 0 Å². The highest BCUT2D eigenvalue weighted by molar-refractivity contribution is 7.92. The lowest BCUT2D eigenvalue weighted by Crippen LogP contribution is -2.42. The van der Waals surface area contributed by atoms with Crippen LogP contribution in [0.2, 0.25) is 0 Å². The van der Waals surface area contributed by atoms with Crippen molar-refractivity contribution in [3.63, 3.8) is 0 Å². The summed E-state index contributed by atoms with van der Waals surface area (Å²) >= 11 is 0. The summed E-state index contributed by atoms with van der Waals surface area (Å²) in [7, 11) is -3.67. The predicted octanol–water partition coefficient (Wildman–Crippen LogP) is 3.92. The molecule has 5 nitrogen and oxygen atoms in total. The summed E-state index contributed by atoms with van der Waals surface area (Å²) in [5.74, 6) is -0.0263. The molecule has 1 aliphatic heterocycles. The maximum atomic E-state index is 13.0. The van der Waals surface area contributed by atoms with Crippen molar-refractivity contribution in [2.24, 2.45) is 0 Å². The van der Waals surface area contributed by atoms with E-state index in [9.17, 15) is 13.2 Å². The van der Waals surface area contributed by atoms with Crippen molar-refractivity contribution in [1.82, 2.24) is 4.90 Å². The number of hydrogen-bond donors (Lipinski definition) is 0. The first kappa shape index (κ1) is 19.4. The standard InChI is InChI=1S/C21H26N2O3S/c1-3-23(19-10-5-4-6-11-19)27(25,26)20-14-12-18(13-15-20)21(24)22-16-8-7-9-17(22)2/h4-6,10-15,17H,3,7-9,16H2,1-2H3/t17-/m0/s1. The number of piperidine rings is 1. The molecule has 1 fully saturated rings. The molecular formula is C21H26N2O3S. The first-order chi connectivity index (χ1) is 12.9. The van der Waals surface area contributed by atoms with Gasteiger partial charge < -0.3 is 4.90 Å². The molecule has 0 N–H and O–H groups in total. The number of carbonyl (C=O) groups excluding carboxylic acids is 1. The largest absolute Gasteiger partial charge is 0.336 e. The van der Waals surface area contributed by atoms with E-state index >= 15 is 0 Å². The number of likely N-dealkylation sites (tertiary alicyclic amines) is 1. The highest BCUT2D eigenvalue weighted by atomic mass is 32.2. The van der Waals surface area contributed by atoms with E-state index in [1.165, 1.54) is 16.4 Å². The van der Waals surface area contributed by atoms with Crippen LogP contribution in [-0.2, 0) is 10.0 Å². The lowest BCUT2D eigenvalue weighted by Gasteiger charge is -2.33. The van der Waals surface area contributed by atoms with E-state index in [-0.39, 0.29) is 16.8 Å². The van der Waals surface area contributed by atoms with Crippen molar-refractivity contribution in [3.05, 3.63) is 60.2 Å². The molecule has 1 saturated heterocycles. The lowest BCUT2D eigenvalue weighted by atomic mass is 10.0. The average molecular weight is 387 g/mol. The third kappa shape index (κ3) is 4.00. The maximum Gasteiger partial charge on any atom is 0.264 e. The summed E-state index contributed by atoms with van der Waals surface area (Å²) in [6.45, 7) is 4.96. The van der Waals surface area contributed by atoms with E-state index in [1.54, 1.807) is 31.2 Å².